The van der Waals surface area contributed by atoms with Gasteiger partial charge in [0.15, 0.2) is 0 Å². The number of urea groups is 2. The molecule has 22 nitrogen and oxygen atoms in total. The van der Waals surface area contributed by atoms with Gasteiger partial charge in [-0.3, -0.25) is 24.0 Å². The first-order valence-electron chi connectivity index (χ1n) is 17.1. The van der Waals surface area contributed by atoms with Crippen molar-refractivity contribution in [3.63, 3.8) is 0 Å². The van der Waals surface area contributed by atoms with E-state index in [4.69, 9.17) is 20.4 Å². The maximum Gasteiger partial charge on any atom is 0.327 e. The summed E-state index contributed by atoms with van der Waals surface area (Å²) in [7, 11) is 0. The van der Waals surface area contributed by atoms with Crippen LogP contribution in [0, 0.1) is 5.92 Å². The Kier molecular flexibility index (Phi) is 21.4. The molecule has 0 aliphatic rings. The van der Waals surface area contributed by atoms with Crippen molar-refractivity contribution in [3.05, 3.63) is 35.4 Å². The number of carbonyl (C=O) groups excluding carboxylic acids is 5. The average Bonchev–Trinajstić information content (AvgIpc) is 3.12. The van der Waals surface area contributed by atoms with Gasteiger partial charge in [-0.05, 0) is 36.8 Å². The summed E-state index contributed by atoms with van der Waals surface area (Å²) in [5.41, 5.74) is 1.30. The van der Waals surface area contributed by atoms with Crippen LogP contribution in [0.2, 0.25) is 0 Å². The molecule has 0 aliphatic carbocycles. The van der Waals surface area contributed by atoms with E-state index < -0.39 is 109 Å². The fourth-order valence-electron chi connectivity index (χ4n) is 4.60. The lowest BCUT2D eigenvalue weighted by molar-refractivity contribution is -0.143. The van der Waals surface area contributed by atoms with Crippen molar-refractivity contribution >= 4 is 72.3 Å². The number of nitrogens with one attached hydrogen (secondary N) is 7. The number of thiol groups is 1. The van der Waals surface area contributed by atoms with Crippen LogP contribution in [-0.2, 0) is 51.3 Å². The highest BCUT2D eigenvalue weighted by Crippen LogP contribution is 2.07. The molecule has 0 spiro atoms. The van der Waals surface area contributed by atoms with Gasteiger partial charge < -0.3 is 62.8 Å². The first-order valence-corrected chi connectivity index (χ1v) is 17.7. The van der Waals surface area contributed by atoms with E-state index in [9.17, 15) is 53.1 Å². The number of carbonyl (C=O) groups is 10. The van der Waals surface area contributed by atoms with Gasteiger partial charge in [0.2, 0.25) is 17.7 Å². The van der Waals surface area contributed by atoms with Crippen LogP contribution in [0.15, 0.2) is 24.3 Å². The molecule has 0 saturated carbocycles. The topological polar surface area (TPSA) is 356 Å². The smallest absolute Gasteiger partial charge is 0.327 e. The second-order valence-electron chi connectivity index (χ2n) is 12.4. The van der Waals surface area contributed by atoms with Crippen molar-refractivity contribution in [3.8, 4) is 0 Å². The molecular formula is C33H47N7O15S. The number of carboxylic acid groups (broad SMARTS) is 5. The zero-order valence-corrected chi connectivity index (χ0v) is 31.1. The van der Waals surface area contributed by atoms with E-state index in [0.717, 1.165) is 0 Å². The van der Waals surface area contributed by atoms with Crippen LogP contribution in [0.3, 0.4) is 0 Å². The Morgan fingerprint density at radius 1 is 0.607 bits per heavy atom. The highest BCUT2D eigenvalue weighted by atomic mass is 32.1. The maximum atomic E-state index is 12.6. The van der Waals surface area contributed by atoms with Gasteiger partial charge >= 0.3 is 41.9 Å². The fourth-order valence-corrected chi connectivity index (χ4v) is 4.85. The number of hydrogen-bond donors (Lipinski definition) is 13. The quantitative estimate of drug-likeness (QED) is 0.0373. The lowest BCUT2D eigenvalue weighted by Gasteiger charge is -2.21. The molecule has 0 aromatic heterocycles. The molecule has 12 N–H and O–H groups in total. The van der Waals surface area contributed by atoms with E-state index >= 15 is 0 Å². The van der Waals surface area contributed by atoms with Gasteiger partial charge in [-0.15, -0.1) is 0 Å². The Bertz CT molecular complexity index is 1580. The Balaban J connectivity index is 2.45. The molecule has 0 bridgehead atoms. The first kappa shape index (κ1) is 47.9. The van der Waals surface area contributed by atoms with E-state index in [1.807, 2.05) is 5.32 Å². The molecule has 1 aromatic carbocycles. The minimum atomic E-state index is -1.57. The number of unbranched alkanes of at least 4 members (excludes halogenated alkanes) is 1. The number of rotatable bonds is 26. The third-order valence-electron chi connectivity index (χ3n) is 7.76. The molecule has 7 amide bonds. The van der Waals surface area contributed by atoms with E-state index in [1.165, 1.54) is 6.92 Å². The van der Waals surface area contributed by atoms with Gasteiger partial charge in [0.25, 0.3) is 0 Å². The molecule has 0 radical (unpaired) electrons. The predicted octanol–water partition coefficient (Wildman–Crippen LogP) is -1.52. The zero-order chi connectivity index (χ0) is 42.4. The molecule has 0 unspecified atom stereocenters. The van der Waals surface area contributed by atoms with Crippen LogP contribution in [-0.4, -0.2) is 128 Å². The summed E-state index contributed by atoms with van der Waals surface area (Å²) in [5, 5.41) is 61.8. The monoisotopic (exact) mass is 813 g/mol. The van der Waals surface area contributed by atoms with Crippen molar-refractivity contribution in [1.82, 2.24) is 37.2 Å². The molecule has 1 rings (SSSR count). The Hall–Kier alpha value is -6.13. The van der Waals surface area contributed by atoms with Gasteiger partial charge in [-0.1, -0.05) is 31.2 Å². The SMILES string of the molecule is C[C@@H](CNC(=O)Cc1ccc(CNC(=O)NCCCC[C@H](NC(=O)N[C@@H](CCC(=O)O)C(=O)O)C(=O)O)cc1)C(=O)N[C@@H](CC(=O)O)C(=O)N[C@@H](CS)C(=O)O. The lowest BCUT2D eigenvalue weighted by atomic mass is 10.1. The highest BCUT2D eigenvalue weighted by Gasteiger charge is 2.29. The Morgan fingerprint density at radius 2 is 1.16 bits per heavy atom. The summed E-state index contributed by atoms with van der Waals surface area (Å²) in [6.45, 7) is 1.57. The summed E-state index contributed by atoms with van der Waals surface area (Å²) in [5.74, 6) is -10.3. The van der Waals surface area contributed by atoms with Crippen molar-refractivity contribution < 1.29 is 73.5 Å². The Labute approximate surface area is 325 Å². The minimum Gasteiger partial charge on any atom is -0.481 e. The van der Waals surface area contributed by atoms with Crippen LogP contribution in [0.4, 0.5) is 9.59 Å². The van der Waals surface area contributed by atoms with Crippen molar-refractivity contribution in [2.75, 3.05) is 18.8 Å². The number of aliphatic carboxylic acids is 5. The van der Waals surface area contributed by atoms with Crippen LogP contribution in [0.25, 0.3) is 0 Å². The number of carboxylic acids is 5. The second kappa shape index (κ2) is 25.0. The van der Waals surface area contributed by atoms with Gasteiger partial charge in [0.1, 0.15) is 24.2 Å². The number of amides is 7. The molecule has 0 heterocycles. The normalized spacial score (nSPS) is 13.2. The third kappa shape index (κ3) is 19.8. The summed E-state index contributed by atoms with van der Waals surface area (Å²) >= 11 is 3.82. The predicted molar refractivity (Wildman–Crippen MR) is 195 cm³/mol. The number of benzene rings is 1. The summed E-state index contributed by atoms with van der Waals surface area (Å²) in [4.78, 5) is 118. The molecule has 0 aliphatic heterocycles. The molecule has 56 heavy (non-hydrogen) atoms. The molecule has 5 atom stereocenters. The van der Waals surface area contributed by atoms with Gasteiger partial charge in [-0.2, -0.15) is 12.6 Å². The molecule has 0 saturated heterocycles. The maximum absolute atomic E-state index is 12.6. The molecule has 310 valence electrons. The summed E-state index contributed by atoms with van der Waals surface area (Å²) in [6, 6.07) is -0.816. The minimum absolute atomic E-state index is 0.0398. The third-order valence-corrected chi connectivity index (χ3v) is 8.13. The van der Waals surface area contributed by atoms with E-state index in [1.54, 1.807) is 24.3 Å². The Morgan fingerprint density at radius 3 is 1.70 bits per heavy atom. The van der Waals surface area contributed by atoms with Gasteiger partial charge in [-0.25, -0.2) is 24.0 Å². The zero-order valence-electron chi connectivity index (χ0n) is 30.2. The van der Waals surface area contributed by atoms with Gasteiger partial charge in [0, 0.05) is 31.8 Å². The summed E-state index contributed by atoms with van der Waals surface area (Å²) in [6.07, 6.45) is -1.23. The van der Waals surface area contributed by atoms with Crippen molar-refractivity contribution in [1.29, 1.82) is 0 Å². The van der Waals surface area contributed by atoms with Crippen molar-refractivity contribution in [2.24, 2.45) is 5.92 Å². The van der Waals surface area contributed by atoms with E-state index in [0.29, 0.717) is 17.5 Å². The molecule has 23 heteroatoms. The largest absolute Gasteiger partial charge is 0.481 e. The van der Waals surface area contributed by atoms with E-state index in [2.05, 4.69) is 44.5 Å². The van der Waals surface area contributed by atoms with Crippen LogP contribution in [0.1, 0.15) is 56.6 Å². The van der Waals surface area contributed by atoms with Crippen molar-refractivity contribution in [2.45, 2.75) is 82.6 Å². The van der Waals surface area contributed by atoms with E-state index in [-0.39, 0.29) is 44.6 Å². The standard InChI is InChI=1S/C33H47N7O15S/c1-17(27(46)37-22(13-26(44)45)28(47)38-23(16-56)31(52)53)14-35-24(41)12-18-5-7-19(8-6-18)15-36-32(54)34-11-3-2-4-20(29(48)49)39-33(55)40-21(30(50)51)9-10-25(42)43/h5-8,17,20-23,56H,2-4,9-16H2,1H3,(H,35,41)(H,37,46)(H,38,47)(H,42,43)(H,44,45)(H,48,49)(H,50,51)(H,52,53)(H2,34,36,54)(H2,39,40,55)/t17-,20-,21-,22-,23-/m0/s1. The fraction of sp³-hybridized carbons (Fsp3) is 0.515. The molecule has 1 aromatic rings. The first-order chi connectivity index (χ1) is 26.3. The molecular weight excluding hydrogens is 766 g/mol. The van der Waals surface area contributed by atoms with Gasteiger partial charge in [0.05, 0.1) is 18.8 Å². The second-order valence-corrected chi connectivity index (χ2v) is 12.7. The van der Waals surface area contributed by atoms with Crippen LogP contribution < -0.4 is 37.2 Å². The van der Waals surface area contributed by atoms with Crippen LogP contribution in [0.5, 0.6) is 0 Å². The molecule has 0 fully saturated rings. The van der Waals surface area contributed by atoms with Crippen LogP contribution >= 0.6 is 12.6 Å². The number of hydrogen-bond acceptors (Lipinski definition) is 11. The average molecular weight is 814 g/mol. The lowest BCUT2D eigenvalue weighted by Crippen LogP contribution is -2.54. The summed E-state index contributed by atoms with van der Waals surface area (Å²) < 4.78 is 0. The highest BCUT2D eigenvalue weighted by molar-refractivity contribution is 7.80.